The van der Waals surface area contributed by atoms with Crippen molar-refractivity contribution in [2.75, 3.05) is 38.2 Å². The summed E-state index contributed by atoms with van der Waals surface area (Å²) < 4.78 is 60.4. The van der Waals surface area contributed by atoms with Crippen LogP contribution in [0.3, 0.4) is 0 Å². The van der Waals surface area contributed by atoms with Crippen LogP contribution >= 0.6 is 15.9 Å². The summed E-state index contributed by atoms with van der Waals surface area (Å²) >= 11 is 3.27. The van der Waals surface area contributed by atoms with Crippen molar-refractivity contribution in [2.24, 2.45) is 0 Å². The number of ether oxygens (including phenoxy) is 1. The van der Waals surface area contributed by atoms with Crippen molar-refractivity contribution in [3.8, 4) is 5.75 Å². The fourth-order valence-electron chi connectivity index (χ4n) is 3.51. The lowest BCUT2D eigenvalue weighted by atomic mass is 10.2. The van der Waals surface area contributed by atoms with Crippen LogP contribution in [0.2, 0.25) is 0 Å². The smallest absolute Gasteiger partial charge is 0.283 e. The molecule has 1 aliphatic heterocycles. The molecule has 0 radical (unpaired) electrons. The lowest BCUT2D eigenvalue weighted by Gasteiger charge is -2.30. The van der Waals surface area contributed by atoms with E-state index in [2.05, 4.69) is 26.3 Å². The number of halogens is 3. The number of alkyl halides is 2. The Balaban J connectivity index is 1.87. The number of piperazine rings is 1. The number of benzene rings is 2. The molecular formula is C19H19BrF2N4O3S. The molecule has 0 aliphatic carbocycles. The molecule has 1 aromatic heterocycles. The maximum absolute atomic E-state index is 13.5. The van der Waals surface area contributed by atoms with Crippen molar-refractivity contribution in [2.45, 2.75) is 11.3 Å². The quantitative estimate of drug-likeness (QED) is 0.578. The minimum absolute atomic E-state index is 0.0537. The third-order valence-corrected chi connectivity index (χ3v) is 7.06. The number of methoxy groups -OCH3 is 1. The summed E-state index contributed by atoms with van der Waals surface area (Å²) in [5.41, 5.74) is 0.142. The van der Waals surface area contributed by atoms with Crippen LogP contribution in [-0.4, -0.2) is 50.9 Å². The molecule has 0 amide bonds. The van der Waals surface area contributed by atoms with Gasteiger partial charge in [0.1, 0.15) is 11.4 Å². The normalized spacial score (nSPS) is 15.2. The van der Waals surface area contributed by atoms with E-state index in [0.29, 0.717) is 33.1 Å². The Bertz CT molecular complexity index is 1190. The lowest BCUT2D eigenvalue weighted by molar-refractivity contribution is 0.147. The lowest BCUT2D eigenvalue weighted by Crippen LogP contribution is -2.43. The molecule has 2 heterocycles. The minimum Gasteiger partial charge on any atom is -0.495 e. The van der Waals surface area contributed by atoms with E-state index in [0.717, 1.165) is 13.1 Å². The molecule has 160 valence electrons. The van der Waals surface area contributed by atoms with Gasteiger partial charge in [0.05, 0.1) is 23.2 Å². The van der Waals surface area contributed by atoms with Gasteiger partial charge in [-0.2, -0.15) is 17.6 Å². The molecule has 3 aromatic rings. The molecule has 1 fully saturated rings. The summed E-state index contributed by atoms with van der Waals surface area (Å²) in [6, 6.07) is 8.94. The van der Waals surface area contributed by atoms with Gasteiger partial charge in [0.25, 0.3) is 16.4 Å². The molecule has 0 saturated carbocycles. The van der Waals surface area contributed by atoms with E-state index < -0.39 is 22.1 Å². The highest BCUT2D eigenvalue weighted by molar-refractivity contribution is 9.10. The molecule has 30 heavy (non-hydrogen) atoms. The number of hydrogen-bond donors (Lipinski definition) is 1. The second kappa shape index (κ2) is 8.12. The Hall–Kier alpha value is -2.24. The van der Waals surface area contributed by atoms with Gasteiger partial charge in [-0.3, -0.25) is 0 Å². The van der Waals surface area contributed by atoms with Gasteiger partial charge in [-0.15, -0.1) is 0 Å². The van der Waals surface area contributed by atoms with Crippen LogP contribution in [0.1, 0.15) is 12.1 Å². The van der Waals surface area contributed by atoms with E-state index in [1.54, 1.807) is 12.1 Å². The van der Waals surface area contributed by atoms with Crippen molar-refractivity contribution in [3.63, 3.8) is 0 Å². The number of aromatic nitrogens is 2. The summed E-state index contributed by atoms with van der Waals surface area (Å²) in [7, 11) is -2.71. The van der Waals surface area contributed by atoms with Gasteiger partial charge in [-0.25, -0.2) is 8.78 Å². The molecule has 11 heteroatoms. The second-order valence-electron chi connectivity index (χ2n) is 6.77. The summed E-state index contributed by atoms with van der Waals surface area (Å²) in [6.45, 7) is 2.89. The number of nitrogens with one attached hydrogen (secondary N) is 1. The van der Waals surface area contributed by atoms with Crippen molar-refractivity contribution in [3.05, 3.63) is 46.6 Å². The highest BCUT2D eigenvalue weighted by atomic mass is 79.9. The van der Waals surface area contributed by atoms with Crippen LogP contribution in [0.4, 0.5) is 14.5 Å². The molecule has 4 rings (SSSR count). The molecule has 1 N–H and O–H groups in total. The zero-order chi connectivity index (χ0) is 21.5. The highest BCUT2D eigenvalue weighted by Gasteiger charge is 2.28. The van der Waals surface area contributed by atoms with E-state index in [-0.39, 0.29) is 15.8 Å². The van der Waals surface area contributed by atoms with Gasteiger partial charge in [0.15, 0.2) is 0 Å². The number of nitrogens with zero attached hydrogens (tertiary/aromatic N) is 3. The molecule has 0 spiro atoms. The summed E-state index contributed by atoms with van der Waals surface area (Å²) in [6.07, 6.45) is -2.91. The molecule has 2 aromatic carbocycles. The fourth-order valence-corrected chi connectivity index (χ4v) is 5.17. The zero-order valence-electron chi connectivity index (χ0n) is 16.0. The Morgan fingerprint density at radius 3 is 2.57 bits per heavy atom. The Morgan fingerprint density at radius 1 is 1.17 bits per heavy atom. The highest BCUT2D eigenvalue weighted by Crippen LogP contribution is 2.34. The number of fused-ring (bicyclic) bond motifs is 1. The van der Waals surface area contributed by atoms with Crippen molar-refractivity contribution < 1.29 is 21.9 Å². The van der Waals surface area contributed by atoms with Crippen molar-refractivity contribution in [1.82, 2.24) is 14.5 Å². The first-order valence-electron chi connectivity index (χ1n) is 9.18. The minimum atomic E-state index is -4.23. The largest absolute Gasteiger partial charge is 0.495 e. The molecule has 1 saturated heterocycles. The number of hydrogen-bond acceptors (Lipinski definition) is 6. The van der Waals surface area contributed by atoms with Gasteiger partial charge in [0, 0.05) is 36.0 Å². The fraction of sp³-hybridized carbons (Fsp3) is 0.316. The van der Waals surface area contributed by atoms with Crippen LogP contribution in [0.5, 0.6) is 5.75 Å². The summed E-state index contributed by atoms with van der Waals surface area (Å²) in [5.74, 6) is 0.539. The van der Waals surface area contributed by atoms with Gasteiger partial charge < -0.3 is 15.0 Å². The Kier molecular flexibility index (Phi) is 5.69. The zero-order valence-corrected chi connectivity index (χ0v) is 18.4. The first-order chi connectivity index (χ1) is 14.3. The maximum atomic E-state index is 13.5. The third-order valence-electron chi connectivity index (χ3n) is 4.98. The average molecular weight is 501 g/mol. The topological polar surface area (TPSA) is 76.5 Å². The van der Waals surface area contributed by atoms with E-state index >= 15 is 0 Å². The monoisotopic (exact) mass is 500 g/mol. The van der Waals surface area contributed by atoms with Gasteiger partial charge >= 0.3 is 0 Å². The standard InChI is InChI=1S/C19H19BrF2N4O3S/c1-29-17-5-3-13(11-16(17)25-8-6-23-7-9-25)30(27,28)26-15-10-12(20)2-4-14(15)18(24-26)19(21)22/h2-5,10-11,19,23H,6-9H2,1H3. The van der Waals surface area contributed by atoms with Crippen LogP contribution in [0.15, 0.2) is 45.8 Å². The van der Waals surface area contributed by atoms with Gasteiger partial charge in [0.2, 0.25) is 0 Å². The maximum Gasteiger partial charge on any atom is 0.283 e. The van der Waals surface area contributed by atoms with Crippen LogP contribution in [0, 0.1) is 0 Å². The summed E-state index contributed by atoms with van der Waals surface area (Å²) in [5, 5.41) is 7.10. The Morgan fingerprint density at radius 2 is 1.90 bits per heavy atom. The van der Waals surface area contributed by atoms with Crippen LogP contribution in [0.25, 0.3) is 10.9 Å². The van der Waals surface area contributed by atoms with Crippen molar-refractivity contribution >= 4 is 42.5 Å². The van der Waals surface area contributed by atoms with E-state index in [1.165, 1.54) is 31.4 Å². The van der Waals surface area contributed by atoms with E-state index in [9.17, 15) is 17.2 Å². The first kappa shape index (κ1) is 21.0. The molecule has 1 aliphatic rings. The number of anilines is 1. The van der Waals surface area contributed by atoms with Crippen LogP contribution < -0.4 is 15.0 Å². The number of rotatable bonds is 5. The second-order valence-corrected chi connectivity index (χ2v) is 9.45. The predicted molar refractivity (Wildman–Crippen MR) is 113 cm³/mol. The molecular weight excluding hydrogens is 482 g/mol. The van der Waals surface area contributed by atoms with Crippen LogP contribution in [-0.2, 0) is 10.0 Å². The van der Waals surface area contributed by atoms with Gasteiger partial charge in [-0.05, 0) is 36.4 Å². The average Bonchev–Trinajstić information content (AvgIpc) is 3.13. The van der Waals surface area contributed by atoms with E-state index in [1.807, 2.05) is 4.90 Å². The molecule has 0 unspecified atom stereocenters. The predicted octanol–water partition coefficient (Wildman–Crippen LogP) is 3.39. The van der Waals surface area contributed by atoms with E-state index in [4.69, 9.17) is 4.74 Å². The third kappa shape index (κ3) is 3.65. The Labute approximate surface area is 180 Å². The molecule has 7 nitrogen and oxygen atoms in total. The molecule has 0 atom stereocenters. The van der Waals surface area contributed by atoms with Gasteiger partial charge in [-0.1, -0.05) is 15.9 Å². The summed E-state index contributed by atoms with van der Waals surface area (Å²) in [4.78, 5) is 1.97. The van der Waals surface area contributed by atoms with Crippen molar-refractivity contribution in [1.29, 1.82) is 0 Å². The first-order valence-corrected chi connectivity index (χ1v) is 11.4. The molecule has 0 bridgehead atoms. The SMILES string of the molecule is COc1ccc(S(=O)(=O)n2nc(C(F)F)c3ccc(Br)cc32)cc1N1CCNCC1.